The molecule has 0 aliphatic heterocycles. The number of nitrogens with one attached hydrogen (secondary N) is 2. The second-order valence-corrected chi connectivity index (χ2v) is 7.88. The van der Waals surface area contributed by atoms with Crippen LogP contribution in [0.1, 0.15) is 24.2 Å². The number of aromatic nitrogens is 4. The number of nitrogens with zero attached hydrogens (tertiary/aromatic N) is 3. The predicted octanol–water partition coefficient (Wildman–Crippen LogP) is 4.35. The highest BCUT2D eigenvalue weighted by molar-refractivity contribution is 7.99. The first-order chi connectivity index (χ1) is 15.6. The Bertz CT molecular complexity index is 1250. The fraction of sp³-hybridized carbons (Fsp3) is 0.217. The van der Waals surface area contributed by atoms with Gasteiger partial charge in [0.05, 0.1) is 17.9 Å². The van der Waals surface area contributed by atoms with Crippen molar-refractivity contribution in [1.29, 1.82) is 0 Å². The summed E-state index contributed by atoms with van der Waals surface area (Å²) < 4.78 is 6.97. The molecule has 0 radical (unpaired) electrons. The molecule has 2 aromatic carbocycles. The monoisotopic (exact) mass is 449 g/mol. The summed E-state index contributed by atoms with van der Waals surface area (Å²) in [6.07, 6.45) is 1.93. The van der Waals surface area contributed by atoms with E-state index in [0.29, 0.717) is 29.6 Å². The number of fused-ring (bicyclic) bond motifs is 1. The first kappa shape index (κ1) is 21.6. The minimum Gasteiger partial charge on any atom is -0.462 e. The lowest BCUT2D eigenvalue weighted by Crippen LogP contribution is -2.15. The molecule has 2 N–H and O–H groups in total. The number of benzene rings is 2. The SMILES string of the molecule is CCOC(=O)c1ccc(NC(=O)CSc2nnc(-c3c[nH]c4ccccc34)n2CC)cc1. The molecule has 1 amide bonds. The molecule has 0 saturated carbocycles. The summed E-state index contributed by atoms with van der Waals surface area (Å²) in [5.41, 5.74) is 3.07. The maximum absolute atomic E-state index is 12.4. The highest BCUT2D eigenvalue weighted by Gasteiger charge is 2.17. The van der Waals surface area contributed by atoms with Crippen molar-refractivity contribution in [2.75, 3.05) is 17.7 Å². The number of esters is 1. The molecule has 0 atom stereocenters. The molecule has 8 nitrogen and oxygen atoms in total. The number of carbonyl (C=O) groups excluding carboxylic acids is 2. The summed E-state index contributed by atoms with van der Waals surface area (Å²) in [6.45, 7) is 4.78. The smallest absolute Gasteiger partial charge is 0.338 e. The molecule has 0 fully saturated rings. The number of rotatable bonds is 8. The number of anilines is 1. The quantitative estimate of drug-likeness (QED) is 0.306. The Hall–Kier alpha value is -3.59. The Morgan fingerprint density at radius 2 is 1.88 bits per heavy atom. The van der Waals surface area contributed by atoms with Crippen molar-refractivity contribution in [1.82, 2.24) is 19.7 Å². The second kappa shape index (κ2) is 9.69. The van der Waals surface area contributed by atoms with Crippen LogP contribution in [-0.2, 0) is 16.1 Å². The fourth-order valence-corrected chi connectivity index (χ4v) is 4.17. The van der Waals surface area contributed by atoms with Gasteiger partial charge >= 0.3 is 5.97 Å². The third-order valence-electron chi connectivity index (χ3n) is 4.88. The number of para-hydroxylation sites is 1. The number of hydrogen-bond acceptors (Lipinski definition) is 6. The maximum Gasteiger partial charge on any atom is 0.338 e. The van der Waals surface area contributed by atoms with E-state index in [4.69, 9.17) is 4.74 Å². The zero-order chi connectivity index (χ0) is 22.5. The summed E-state index contributed by atoms with van der Waals surface area (Å²) in [5.74, 6) is 0.400. The Labute approximate surface area is 189 Å². The lowest BCUT2D eigenvalue weighted by Gasteiger charge is -2.08. The lowest BCUT2D eigenvalue weighted by atomic mass is 10.1. The van der Waals surface area contributed by atoms with Gasteiger partial charge in [0.2, 0.25) is 5.91 Å². The van der Waals surface area contributed by atoms with E-state index in [0.717, 1.165) is 22.3 Å². The molecular formula is C23H23N5O3S. The Kier molecular flexibility index (Phi) is 6.55. The number of H-pyrrole nitrogens is 1. The van der Waals surface area contributed by atoms with Crippen LogP contribution in [0.25, 0.3) is 22.3 Å². The first-order valence-corrected chi connectivity index (χ1v) is 11.3. The molecule has 2 aromatic heterocycles. The minimum absolute atomic E-state index is 0.168. The number of hydrogen-bond donors (Lipinski definition) is 2. The Morgan fingerprint density at radius 1 is 1.09 bits per heavy atom. The highest BCUT2D eigenvalue weighted by atomic mass is 32.2. The van der Waals surface area contributed by atoms with Gasteiger partial charge in [0.15, 0.2) is 11.0 Å². The van der Waals surface area contributed by atoms with Crippen molar-refractivity contribution in [3.63, 3.8) is 0 Å². The van der Waals surface area contributed by atoms with Crippen LogP contribution >= 0.6 is 11.8 Å². The number of ether oxygens (including phenoxy) is 1. The standard InChI is InChI=1S/C23H23N5O3S/c1-3-28-21(18-13-24-19-8-6-5-7-17(18)19)26-27-23(28)32-14-20(29)25-16-11-9-15(10-12-16)22(30)31-4-2/h5-13,24H,3-4,14H2,1-2H3,(H,25,29). The summed E-state index contributed by atoms with van der Waals surface area (Å²) in [6, 6.07) is 14.7. The van der Waals surface area contributed by atoms with Crippen LogP contribution in [0.2, 0.25) is 0 Å². The molecule has 0 aliphatic carbocycles. The fourth-order valence-electron chi connectivity index (χ4n) is 3.37. The van der Waals surface area contributed by atoms with Crippen molar-refractivity contribution in [2.45, 2.75) is 25.5 Å². The Balaban J connectivity index is 1.42. The maximum atomic E-state index is 12.4. The van der Waals surface area contributed by atoms with Crippen LogP contribution in [0, 0.1) is 0 Å². The lowest BCUT2D eigenvalue weighted by molar-refractivity contribution is -0.113. The van der Waals surface area contributed by atoms with E-state index in [1.165, 1.54) is 11.8 Å². The molecular weight excluding hydrogens is 426 g/mol. The molecule has 164 valence electrons. The van der Waals surface area contributed by atoms with Crippen LogP contribution in [0.5, 0.6) is 0 Å². The summed E-state index contributed by atoms with van der Waals surface area (Å²) in [7, 11) is 0. The molecule has 2 heterocycles. The second-order valence-electron chi connectivity index (χ2n) is 6.93. The zero-order valence-electron chi connectivity index (χ0n) is 17.8. The van der Waals surface area contributed by atoms with Gasteiger partial charge in [-0.2, -0.15) is 0 Å². The van der Waals surface area contributed by atoms with Crippen molar-refractivity contribution in [2.24, 2.45) is 0 Å². The number of thioether (sulfide) groups is 1. The van der Waals surface area contributed by atoms with Crippen LogP contribution in [0.4, 0.5) is 5.69 Å². The third-order valence-corrected chi connectivity index (χ3v) is 5.84. The molecule has 4 rings (SSSR count). The molecule has 4 aromatic rings. The van der Waals surface area contributed by atoms with Crippen LogP contribution < -0.4 is 5.32 Å². The van der Waals surface area contributed by atoms with E-state index in [1.807, 2.05) is 42.0 Å². The van der Waals surface area contributed by atoms with E-state index in [2.05, 4.69) is 20.5 Å². The van der Waals surface area contributed by atoms with Gasteiger partial charge in [0, 0.05) is 34.9 Å². The summed E-state index contributed by atoms with van der Waals surface area (Å²) >= 11 is 1.33. The molecule has 0 spiro atoms. The van der Waals surface area contributed by atoms with E-state index in [-0.39, 0.29) is 17.6 Å². The molecule has 0 bridgehead atoms. The molecule has 9 heteroatoms. The van der Waals surface area contributed by atoms with Crippen molar-refractivity contribution in [3.05, 3.63) is 60.3 Å². The molecule has 0 unspecified atom stereocenters. The number of amides is 1. The predicted molar refractivity (Wildman–Crippen MR) is 125 cm³/mol. The van der Waals surface area contributed by atoms with E-state index in [1.54, 1.807) is 31.2 Å². The third kappa shape index (κ3) is 4.52. The van der Waals surface area contributed by atoms with Crippen molar-refractivity contribution >= 4 is 40.2 Å². The normalized spacial score (nSPS) is 10.9. The minimum atomic E-state index is -0.383. The van der Waals surface area contributed by atoms with Gasteiger partial charge in [-0.05, 0) is 44.2 Å². The van der Waals surface area contributed by atoms with Gasteiger partial charge in [0.1, 0.15) is 0 Å². The average Bonchev–Trinajstić information content (AvgIpc) is 3.41. The molecule has 0 aliphatic rings. The highest BCUT2D eigenvalue weighted by Crippen LogP contribution is 2.30. The summed E-state index contributed by atoms with van der Waals surface area (Å²) in [4.78, 5) is 27.4. The van der Waals surface area contributed by atoms with Crippen LogP contribution in [-0.4, -0.2) is 44.0 Å². The van der Waals surface area contributed by atoms with Gasteiger partial charge in [-0.15, -0.1) is 10.2 Å². The van der Waals surface area contributed by atoms with Gasteiger partial charge < -0.3 is 19.6 Å². The number of aromatic amines is 1. The topological polar surface area (TPSA) is 102 Å². The van der Waals surface area contributed by atoms with Gasteiger partial charge in [-0.25, -0.2) is 4.79 Å². The van der Waals surface area contributed by atoms with Gasteiger partial charge in [-0.3, -0.25) is 4.79 Å². The number of carbonyl (C=O) groups is 2. The van der Waals surface area contributed by atoms with Gasteiger partial charge in [0.25, 0.3) is 0 Å². The van der Waals surface area contributed by atoms with Crippen LogP contribution in [0.3, 0.4) is 0 Å². The van der Waals surface area contributed by atoms with E-state index >= 15 is 0 Å². The molecule has 32 heavy (non-hydrogen) atoms. The van der Waals surface area contributed by atoms with E-state index < -0.39 is 0 Å². The Morgan fingerprint density at radius 3 is 2.62 bits per heavy atom. The zero-order valence-corrected chi connectivity index (χ0v) is 18.6. The summed E-state index contributed by atoms with van der Waals surface area (Å²) in [5, 5.41) is 13.3. The van der Waals surface area contributed by atoms with Crippen LogP contribution in [0.15, 0.2) is 59.9 Å². The van der Waals surface area contributed by atoms with Crippen molar-refractivity contribution in [3.8, 4) is 11.4 Å². The first-order valence-electron chi connectivity index (χ1n) is 10.3. The largest absolute Gasteiger partial charge is 0.462 e. The molecule has 0 saturated heterocycles. The average molecular weight is 450 g/mol. The van der Waals surface area contributed by atoms with E-state index in [9.17, 15) is 9.59 Å². The van der Waals surface area contributed by atoms with Crippen molar-refractivity contribution < 1.29 is 14.3 Å². The van der Waals surface area contributed by atoms with Gasteiger partial charge in [-0.1, -0.05) is 30.0 Å².